The average molecular weight is 885 g/mol. The molecule has 1 unspecified atom stereocenters. The van der Waals surface area contributed by atoms with Gasteiger partial charge in [0.25, 0.3) is 12.3 Å². The van der Waals surface area contributed by atoms with Crippen LogP contribution in [0.25, 0.3) is 22.5 Å². The molecule has 5 aromatic rings. The molecule has 4 aromatic heterocycles. The van der Waals surface area contributed by atoms with Gasteiger partial charge in [-0.05, 0) is 126 Å². The monoisotopic (exact) mass is 884 g/mol. The fraction of sp³-hybridized carbons (Fsp3) is 0.543. The number of piperidine rings is 1. The van der Waals surface area contributed by atoms with E-state index < -0.39 is 30.0 Å². The summed E-state index contributed by atoms with van der Waals surface area (Å²) in [7, 11) is 3.86. The molecule has 1 aliphatic heterocycles. The van der Waals surface area contributed by atoms with Gasteiger partial charge in [-0.1, -0.05) is 12.1 Å². The predicted molar refractivity (Wildman–Crippen MR) is 236 cm³/mol. The molecule has 0 radical (unpaired) electrons. The summed E-state index contributed by atoms with van der Waals surface area (Å²) in [6.45, 7) is 4.11. The van der Waals surface area contributed by atoms with Crippen molar-refractivity contribution in [2.24, 2.45) is 18.9 Å². The van der Waals surface area contributed by atoms with Crippen molar-refractivity contribution < 1.29 is 32.3 Å². The number of benzene rings is 1. The van der Waals surface area contributed by atoms with Crippen LogP contribution in [0.2, 0.25) is 0 Å². The van der Waals surface area contributed by atoms with E-state index in [1.165, 1.54) is 29.9 Å². The summed E-state index contributed by atoms with van der Waals surface area (Å²) in [4.78, 5) is 61.6. The number of oxazole rings is 1. The Hall–Kier alpha value is -5.75. The molecule has 8 rings (SSSR count). The first-order valence-electron chi connectivity index (χ1n) is 22.7. The number of hydrogen-bond acceptors (Lipinski definition) is 11. The highest BCUT2D eigenvalue weighted by molar-refractivity contribution is 6.03. The van der Waals surface area contributed by atoms with Crippen LogP contribution in [0, 0.1) is 11.8 Å². The number of ether oxygens (including phenoxy) is 1. The standard InChI is InChI=1S/C46H58F2N10O6/c1-55(21-4-6-23-63-22-5-3-8-31-9-7-10-36-41(31)56(2)46(62)58(36)37-17-18-39(59)53-44(37)61)26-30-13-15-33(16-14-30)57-27-34(40(54-57)42(47)48)51-43(60)35-28-64-45(52-35)32-19-20-49-38(24-32)50-25-29-11-12-29/h7,9-10,19-20,24,27-30,33,37,42H,3-6,8,11-18,21-23,25-26H2,1-2H3,(H,49,50)(H,51,60)(H,53,59,61)/t30-,33-,37?. The quantitative estimate of drug-likeness (QED) is 0.0507. The Morgan fingerprint density at radius 1 is 1.02 bits per heavy atom. The van der Waals surface area contributed by atoms with Gasteiger partial charge in [-0.2, -0.15) is 5.10 Å². The molecule has 2 aliphatic carbocycles. The van der Waals surface area contributed by atoms with E-state index in [9.17, 15) is 28.0 Å². The van der Waals surface area contributed by atoms with E-state index in [1.807, 2.05) is 18.2 Å². The number of fused-ring (bicyclic) bond motifs is 1. The van der Waals surface area contributed by atoms with Gasteiger partial charge in [0.1, 0.15) is 18.1 Å². The molecular weight excluding hydrogens is 827 g/mol. The lowest BCUT2D eigenvalue weighted by Gasteiger charge is -2.31. The van der Waals surface area contributed by atoms with Crippen molar-refractivity contribution in [2.45, 2.75) is 102 Å². The molecule has 342 valence electrons. The number of carbonyl (C=O) groups excluding carboxylic acids is 3. The van der Waals surface area contributed by atoms with E-state index in [4.69, 9.17) is 9.15 Å². The predicted octanol–water partition coefficient (Wildman–Crippen LogP) is 7.06. The van der Waals surface area contributed by atoms with Crippen molar-refractivity contribution in [1.29, 1.82) is 0 Å². The second-order valence-corrected chi connectivity index (χ2v) is 17.6. The van der Waals surface area contributed by atoms with Gasteiger partial charge in [-0.15, -0.1) is 0 Å². The van der Waals surface area contributed by atoms with E-state index in [2.05, 4.69) is 43.0 Å². The first-order valence-corrected chi connectivity index (χ1v) is 22.7. The summed E-state index contributed by atoms with van der Waals surface area (Å²) in [5, 5.41) is 12.5. The number of aryl methyl sites for hydroxylation is 2. The molecular formula is C46H58F2N10O6. The first-order chi connectivity index (χ1) is 31.0. The smallest absolute Gasteiger partial charge is 0.329 e. The molecule has 18 heteroatoms. The minimum absolute atomic E-state index is 0.0268. The van der Waals surface area contributed by atoms with Crippen LogP contribution in [0.5, 0.6) is 0 Å². The minimum Gasteiger partial charge on any atom is -0.444 e. The lowest BCUT2D eigenvalue weighted by molar-refractivity contribution is -0.135. The molecule has 1 atom stereocenters. The number of imide groups is 1. The molecule has 1 aromatic carbocycles. The number of hydrogen-bond donors (Lipinski definition) is 3. The van der Waals surface area contributed by atoms with Gasteiger partial charge in [0.2, 0.25) is 17.7 Å². The van der Waals surface area contributed by atoms with E-state index in [0.29, 0.717) is 48.4 Å². The number of para-hydroxylation sites is 1. The van der Waals surface area contributed by atoms with Gasteiger partial charge in [0.15, 0.2) is 11.4 Å². The van der Waals surface area contributed by atoms with Gasteiger partial charge in [0, 0.05) is 57.7 Å². The lowest BCUT2D eigenvalue weighted by Crippen LogP contribution is -2.44. The van der Waals surface area contributed by atoms with Crippen molar-refractivity contribution in [3.05, 3.63) is 76.4 Å². The average Bonchev–Trinajstić information content (AvgIpc) is 3.69. The largest absolute Gasteiger partial charge is 0.444 e. The second-order valence-electron chi connectivity index (χ2n) is 17.6. The Morgan fingerprint density at radius 3 is 2.56 bits per heavy atom. The molecule has 5 heterocycles. The molecule has 3 fully saturated rings. The molecule has 1 saturated heterocycles. The van der Waals surface area contributed by atoms with E-state index in [-0.39, 0.29) is 41.3 Å². The van der Waals surface area contributed by atoms with Crippen molar-refractivity contribution in [1.82, 2.24) is 39.1 Å². The number of nitrogens with one attached hydrogen (secondary N) is 3. The van der Waals surface area contributed by atoms with Crippen LogP contribution < -0.4 is 21.6 Å². The fourth-order valence-electron chi connectivity index (χ4n) is 9.06. The van der Waals surface area contributed by atoms with Gasteiger partial charge < -0.3 is 24.7 Å². The molecule has 16 nitrogen and oxygen atoms in total. The second kappa shape index (κ2) is 20.4. The number of imidazole rings is 1. The SMILES string of the molecule is CN(CCCCOCCCCc1cccc2c1n(C)c(=O)n2C1CCC(=O)NC1=O)C[C@H]1CC[C@H](n2cc(NC(=O)c3coc(-c4ccnc(NCC5CC5)c4)n3)c(C(F)F)n2)CC1. The number of pyridine rings is 1. The van der Waals surface area contributed by atoms with Crippen LogP contribution in [-0.4, -0.2) is 91.4 Å². The summed E-state index contributed by atoms with van der Waals surface area (Å²) < 4.78 is 44.5. The maximum absolute atomic E-state index is 14.1. The van der Waals surface area contributed by atoms with Crippen molar-refractivity contribution in [2.75, 3.05) is 50.5 Å². The first kappa shape index (κ1) is 44.8. The summed E-state index contributed by atoms with van der Waals surface area (Å²) in [5.74, 6) is 0.688. The molecule has 0 spiro atoms. The number of aromatic nitrogens is 6. The number of nitrogens with zero attached hydrogens (tertiary/aromatic N) is 7. The fourth-order valence-corrected chi connectivity index (χ4v) is 9.06. The molecule has 0 bridgehead atoms. The zero-order chi connectivity index (χ0) is 44.7. The van der Waals surface area contributed by atoms with Gasteiger partial charge in [-0.3, -0.25) is 33.5 Å². The van der Waals surface area contributed by atoms with E-state index in [1.54, 1.807) is 34.6 Å². The van der Waals surface area contributed by atoms with Crippen molar-refractivity contribution in [3.63, 3.8) is 0 Å². The molecule has 3 aliphatic rings. The third kappa shape index (κ3) is 10.8. The third-order valence-electron chi connectivity index (χ3n) is 12.8. The Morgan fingerprint density at radius 2 is 1.80 bits per heavy atom. The minimum atomic E-state index is -2.86. The molecule has 64 heavy (non-hydrogen) atoms. The zero-order valence-electron chi connectivity index (χ0n) is 36.6. The lowest BCUT2D eigenvalue weighted by atomic mass is 9.86. The summed E-state index contributed by atoms with van der Waals surface area (Å²) in [6.07, 6.45) is 12.5. The van der Waals surface area contributed by atoms with Crippen molar-refractivity contribution in [3.8, 4) is 11.5 Å². The van der Waals surface area contributed by atoms with Crippen LogP contribution in [0.4, 0.5) is 20.3 Å². The number of rotatable bonds is 21. The molecule has 3 N–H and O–H groups in total. The van der Waals surface area contributed by atoms with Crippen LogP contribution in [-0.2, 0) is 27.8 Å². The van der Waals surface area contributed by atoms with Crippen molar-refractivity contribution >= 4 is 40.3 Å². The van der Waals surface area contributed by atoms with Gasteiger partial charge >= 0.3 is 5.69 Å². The summed E-state index contributed by atoms with van der Waals surface area (Å²) in [6, 6.07) is 8.59. The highest BCUT2D eigenvalue weighted by Gasteiger charge is 2.32. The number of carbonyl (C=O) groups is 3. The summed E-state index contributed by atoms with van der Waals surface area (Å²) >= 11 is 0. The van der Waals surface area contributed by atoms with E-state index >= 15 is 0 Å². The van der Waals surface area contributed by atoms with Gasteiger partial charge in [0.05, 0.1) is 22.8 Å². The van der Waals surface area contributed by atoms with Crippen LogP contribution >= 0.6 is 0 Å². The summed E-state index contributed by atoms with van der Waals surface area (Å²) in [5.41, 5.74) is 2.43. The zero-order valence-corrected chi connectivity index (χ0v) is 36.6. The third-order valence-corrected chi connectivity index (χ3v) is 12.8. The Balaban J connectivity index is 0.720. The maximum atomic E-state index is 14.1. The number of unbranched alkanes of at least 4 members (excludes halogenated alkanes) is 2. The highest BCUT2D eigenvalue weighted by Crippen LogP contribution is 2.36. The number of amides is 3. The topological polar surface area (TPSA) is 183 Å². The van der Waals surface area contributed by atoms with Crippen LogP contribution in [0.3, 0.4) is 0 Å². The molecule has 3 amide bonds. The van der Waals surface area contributed by atoms with E-state index in [0.717, 1.165) is 88.5 Å². The molecule has 2 saturated carbocycles. The highest BCUT2D eigenvalue weighted by atomic mass is 19.3. The number of anilines is 2. The number of halogens is 2. The van der Waals surface area contributed by atoms with Gasteiger partial charge in [-0.25, -0.2) is 23.5 Å². The Kier molecular flexibility index (Phi) is 14.3. The Labute approximate surface area is 370 Å². The van der Waals surface area contributed by atoms with Crippen LogP contribution in [0.1, 0.15) is 117 Å². The maximum Gasteiger partial charge on any atom is 0.329 e. The van der Waals surface area contributed by atoms with Crippen LogP contribution in [0.15, 0.2) is 58.2 Å². The normalized spacial score (nSPS) is 19.2. The number of alkyl halides is 2. The Bertz CT molecular complexity index is 2480.